The molecule has 3 heterocycles. The monoisotopic (exact) mass is 326 g/mol. The SMILES string of the molecule is Cc1cccn2c(=O)c(-c3nn[nH]n3)cnc12.O=P(O)(O)O. The van der Waals surface area contributed by atoms with Gasteiger partial charge >= 0.3 is 7.82 Å². The van der Waals surface area contributed by atoms with E-state index in [9.17, 15) is 4.79 Å². The molecule has 22 heavy (non-hydrogen) atoms. The summed E-state index contributed by atoms with van der Waals surface area (Å²) >= 11 is 0. The Bertz CT molecular complexity index is 878. The van der Waals surface area contributed by atoms with Crippen LogP contribution in [0.4, 0.5) is 0 Å². The number of hydrogen-bond acceptors (Lipinski definition) is 6. The maximum absolute atomic E-state index is 12.2. The van der Waals surface area contributed by atoms with Crippen LogP contribution in [0, 0.1) is 6.92 Å². The summed E-state index contributed by atoms with van der Waals surface area (Å²) < 4.78 is 10.4. The fraction of sp³-hybridized carbons (Fsp3) is 0.100. The molecule has 3 aromatic heterocycles. The van der Waals surface area contributed by atoms with Crippen LogP contribution in [0.5, 0.6) is 0 Å². The van der Waals surface area contributed by atoms with Crippen molar-refractivity contribution in [2.45, 2.75) is 6.92 Å². The van der Waals surface area contributed by atoms with E-state index in [-0.39, 0.29) is 11.4 Å². The molecule has 0 aliphatic heterocycles. The highest BCUT2D eigenvalue weighted by Crippen LogP contribution is 2.25. The van der Waals surface area contributed by atoms with Crippen LogP contribution in [0.15, 0.2) is 29.3 Å². The van der Waals surface area contributed by atoms with E-state index in [1.54, 1.807) is 12.3 Å². The number of aryl methyl sites for hydroxylation is 1. The van der Waals surface area contributed by atoms with Crippen LogP contribution in [-0.4, -0.2) is 44.7 Å². The lowest BCUT2D eigenvalue weighted by Crippen LogP contribution is -2.17. The molecule has 0 amide bonds. The number of nitrogens with one attached hydrogen (secondary N) is 1. The highest BCUT2D eigenvalue weighted by atomic mass is 31.2. The highest BCUT2D eigenvalue weighted by molar-refractivity contribution is 7.45. The second-order valence-electron chi connectivity index (χ2n) is 4.11. The summed E-state index contributed by atoms with van der Waals surface area (Å²) in [5, 5.41) is 13.3. The van der Waals surface area contributed by atoms with E-state index in [2.05, 4.69) is 25.6 Å². The van der Waals surface area contributed by atoms with Crippen molar-refractivity contribution >= 4 is 13.5 Å². The van der Waals surface area contributed by atoms with E-state index in [1.165, 1.54) is 10.6 Å². The van der Waals surface area contributed by atoms with Gasteiger partial charge in [-0.15, -0.1) is 10.2 Å². The zero-order valence-corrected chi connectivity index (χ0v) is 12.0. The smallest absolute Gasteiger partial charge is 0.303 e. The first-order valence-corrected chi connectivity index (χ1v) is 7.33. The van der Waals surface area contributed by atoms with Gasteiger partial charge in [0.05, 0.1) is 0 Å². The molecular weight excluding hydrogens is 315 g/mol. The molecule has 0 saturated carbocycles. The predicted octanol–water partition coefficient (Wildman–Crippen LogP) is -0.746. The van der Waals surface area contributed by atoms with Crippen LogP contribution in [-0.2, 0) is 4.57 Å². The van der Waals surface area contributed by atoms with E-state index in [4.69, 9.17) is 19.2 Å². The zero-order valence-electron chi connectivity index (χ0n) is 11.2. The number of pyridine rings is 1. The van der Waals surface area contributed by atoms with E-state index in [0.29, 0.717) is 11.2 Å². The topological polar surface area (TPSA) is 167 Å². The molecule has 12 heteroatoms. The third kappa shape index (κ3) is 3.80. The van der Waals surface area contributed by atoms with Crippen molar-refractivity contribution in [1.82, 2.24) is 30.0 Å². The van der Waals surface area contributed by atoms with Crippen LogP contribution in [0.25, 0.3) is 17.0 Å². The van der Waals surface area contributed by atoms with Gasteiger partial charge < -0.3 is 14.7 Å². The van der Waals surface area contributed by atoms with Gasteiger partial charge in [0, 0.05) is 12.4 Å². The molecule has 3 rings (SSSR count). The van der Waals surface area contributed by atoms with Crippen LogP contribution in [0.1, 0.15) is 5.56 Å². The fourth-order valence-electron chi connectivity index (χ4n) is 1.68. The van der Waals surface area contributed by atoms with Crippen molar-refractivity contribution in [2.75, 3.05) is 0 Å². The molecule has 0 spiro atoms. The summed E-state index contributed by atoms with van der Waals surface area (Å²) in [5.41, 5.74) is 1.68. The lowest BCUT2D eigenvalue weighted by atomic mass is 10.2. The van der Waals surface area contributed by atoms with Crippen LogP contribution >= 0.6 is 7.82 Å². The summed E-state index contributed by atoms with van der Waals surface area (Å²) in [5.74, 6) is 0.249. The molecule has 4 N–H and O–H groups in total. The number of phosphoric acid groups is 1. The third-order valence-electron chi connectivity index (χ3n) is 2.51. The van der Waals surface area contributed by atoms with Crippen LogP contribution in [0.2, 0.25) is 0 Å². The molecule has 0 aliphatic carbocycles. The van der Waals surface area contributed by atoms with Gasteiger partial charge in [0.1, 0.15) is 11.2 Å². The molecule has 11 nitrogen and oxygen atoms in total. The van der Waals surface area contributed by atoms with Gasteiger partial charge in [0.15, 0.2) is 0 Å². The lowest BCUT2D eigenvalue weighted by Gasteiger charge is -2.03. The average molecular weight is 326 g/mol. The Morgan fingerprint density at radius 2 is 2.00 bits per heavy atom. The molecule has 3 aromatic rings. The molecule has 0 saturated heterocycles. The molecule has 0 bridgehead atoms. The molecule has 0 fully saturated rings. The number of aromatic nitrogens is 6. The van der Waals surface area contributed by atoms with E-state index in [1.807, 2.05) is 13.0 Å². The Morgan fingerprint density at radius 1 is 1.32 bits per heavy atom. The number of tetrazole rings is 1. The molecular formula is C10H11N6O5P. The van der Waals surface area contributed by atoms with Crippen molar-refractivity contribution in [1.29, 1.82) is 0 Å². The molecule has 0 aliphatic rings. The van der Waals surface area contributed by atoms with Crippen LogP contribution < -0.4 is 5.56 Å². The van der Waals surface area contributed by atoms with Crippen molar-refractivity contribution in [3.63, 3.8) is 0 Å². The van der Waals surface area contributed by atoms with Gasteiger partial charge in [-0.05, 0) is 23.8 Å². The van der Waals surface area contributed by atoms with Gasteiger partial charge in [-0.3, -0.25) is 9.20 Å². The minimum atomic E-state index is -4.64. The first-order valence-electron chi connectivity index (χ1n) is 5.76. The number of aromatic amines is 1. The average Bonchev–Trinajstić information content (AvgIpc) is 2.92. The van der Waals surface area contributed by atoms with E-state index >= 15 is 0 Å². The Hall–Kier alpha value is -2.46. The Morgan fingerprint density at radius 3 is 2.59 bits per heavy atom. The maximum Gasteiger partial charge on any atom is 0.466 e. The number of fused-ring (bicyclic) bond motifs is 1. The number of H-pyrrole nitrogens is 1. The number of rotatable bonds is 1. The molecule has 0 aromatic carbocycles. The Balaban J connectivity index is 0.000000309. The second-order valence-corrected chi connectivity index (χ2v) is 5.14. The van der Waals surface area contributed by atoms with Gasteiger partial charge in [-0.1, -0.05) is 6.07 Å². The van der Waals surface area contributed by atoms with Crippen LogP contribution in [0.3, 0.4) is 0 Å². The van der Waals surface area contributed by atoms with Gasteiger partial charge in [-0.2, -0.15) is 5.21 Å². The quantitative estimate of drug-likeness (QED) is 0.421. The van der Waals surface area contributed by atoms with Crippen molar-refractivity contribution < 1.29 is 19.2 Å². The summed E-state index contributed by atoms with van der Waals surface area (Å²) in [6, 6.07) is 3.70. The van der Waals surface area contributed by atoms with E-state index in [0.717, 1.165) is 5.56 Å². The standard InChI is InChI=1S/C10H8N6O.H3O4P/c1-6-3-2-4-16-9(6)11-5-7(10(16)17)8-12-14-15-13-8;1-5(2,3)4/h2-5H,1H3,(H,12,13,14,15);(H3,1,2,3,4). The summed E-state index contributed by atoms with van der Waals surface area (Å²) in [4.78, 5) is 38.0. The fourth-order valence-corrected chi connectivity index (χ4v) is 1.68. The maximum atomic E-state index is 12.2. The molecule has 0 radical (unpaired) electrons. The van der Waals surface area contributed by atoms with Crippen molar-refractivity contribution in [3.8, 4) is 11.4 Å². The minimum absolute atomic E-state index is 0.208. The minimum Gasteiger partial charge on any atom is -0.303 e. The highest BCUT2D eigenvalue weighted by Gasteiger charge is 2.11. The number of hydrogen-bond donors (Lipinski definition) is 4. The van der Waals surface area contributed by atoms with E-state index < -0.39 is 7.82 Å². The molecule has 0 atom stereocenters. The summed E-state index contributed by atoms with van der Waals surface area (Å²) in [6.45, 7) is 1.90. The Kier molecular flexibility index (Phi) is 4.43. The molecule has 0 unspecified atom stereocenters. The number of nitrogens with zero attached hydrogens (tertiary/aromatic N) is 5. The van der Waals surface area contributed by atoms with Crippen molar-refractivity contribution in [2.24, 2.45) is 0 Å². The summed E-state index contributed by atoms with van der Waals surface area (Å²) in [6.07, 6.45) is 3.14. The lowest BCUT2D eigenvalue weighted by molar-refractivity contribution is 0.275. The van der Waals surface area contributed by atoms with Gasteiger partial charge in [-0.25, -0.2) is 9.55 Å². The predicted molar refractivity (Wildman–Crippen MR) is 73.6 cm³/mol. The second kappa shape index (κ2) is 6.12. The normalized spacial score (nSPS) is 11.1. The third-order valence-corrected chi connectivity index (χ3v) is 2.51. The van der Waals surface area contributed by atoms with Gasteiger partial charge in [0.2, 0.25) is 5.82 Å². The largest absolute Gasteiger partial charge is 0.466 e. The Labute approximate surface area is 122 Å². The first kappa shape index (κ1) is 15.9. The van der Waals surface area contributed by atoms with Gasteiger partial charge in [0.25, 0.3) is 5.56 Å². The zero-order chi connectivity index (χ0) is 16.3. The summed E-state index contributed by atoms with van der Waals surface area (Å²) in [7, 11) is -4.64. The van der Waals surface area contributed by atoms with Crippen molar-refractivity contribution in [3.05, 3.63) is 40.4 Å². The first-order chi connectivity index (χ1) is 10.3. The molecule has 116 valence electrons.